The summed E-state index contributed by atoms with van der Waals surface area (Å²) in [6, 6.07) is 15.2. The van der Waals surface area contributed by atoms with Gasteiger partial charge in [0.2, 0.25) is 5.89 Å². The van der Waals surface area contributed by atoms with Gasteiger partial charge in [-0.2, -0.15) is 0 Å². The van der Waals surface area contributed by atoms with Crippen molar-refractivity contribution < 1.29 is 18.7 Å². The molecule has 0 N–H and O–H groups in total. The Morgan fingerprint density at radius 1 is 1.08 bits per heavy atom. The Kier molecular flexibility index (Phi) is 5.83. The molecule has 0 amide bonds. The number of nitrogens with zero attached hydrogens (tertiary/aromatic N) is 1. The van der Waals surface area contributed by atoms with Crippen LogP contribution in [0.25, 0.3) is 17.5 Å². The van der Waals surface area contributed by atoms with Crippen LogP contribution in [-0.2, 0) is 11.4 Å². The number of carbonyl (C=O) groups is 1. The monoisotopic (exact) mass is 349 g/mol. The Labute approximate surface area is 151 Å². The molecule has 0 bridgehead atoms. The van der Waals surface area contributed by atoms with Crippen molar-refractivity contribution in [2.24, 2.45) is 0 Å². The molecule has 0 aliphatic heterocycles. The van der Waals surface area contributed by atoms with Gasteiger partial charge in [-0.05, 0) is 42.8 Å². The summed E-state index contributed by atoms with van der Waals surface area (Å²) >= 11 is 0. The van der Waals surface area contributed by atoms with Crippen molar-refractivity contribution >= 4 is 12.4 Å². The SMILES string of the molecule is CCOc1cc(C=CC=O)ccc1OCc1coc(-c2ccccc2)n1. The van der Waals surface area contributed by atoms with E-state index in [1.54, 1.807) is 12.3 Å². The highest BCUT2D eigenvalue weighted by atomic mass is 16.5. The summed E-state index contributed by atoms with van der Waals surface area (Å²) in [4.78, 5) is 14.9. The molecule has 0 aliphatic rings. The van der Waals surface area contributed by atoms with Crippen LogP contribution in [0.15, 0.2) is 65.3 Å². The largest absolute Gasteiger partial charge is 0.490 e. The van der Waals surface area contributed by atoms with Gasteiger partial charge in [-0.25, -0.2) is 4.98 Å². The molecule has 1 heterocycles. The van der Waals surface area contributed by atoms with E-state index in [-0.39, 0.29) is 6.61 Å². The van der Waals surface area contributed by atoms with Gasteiger partial charge in [-0.1, -0.05) is 30.3 Å². The molecule has 5 nitrogen and oxygen atoms in total. The zero-order chi connectivity index (χ0) is 18.2. The van der Waals surface area contributed by atoms with Gasteiger partial charge in [0.05, 0.1) is 6.61 Å². The second-order valence-electron chi connectivity index (χ2n) is 5.43. The van der Waals surface area contributed by atoms with Crippen LogP contribution in [0.2, 0.25) is 0 Å². The van der Waals surface area contributed by atoms with E-state index in [2.05, 4.69) is 4.98 Å². The summed E-state index contributed by atoms with van der Waals surface area (Å²) < 4.78 is 17.0. The van der Waals surface area contributed by atoms with Crippen molar-refractivity contribution in [3.63, 3.8) is 0 Å². The van der Waals surface area contributed by atoms with Gasteiger partial charge in [-0.15, -0.1) is 0 Å². The number of oxazole rings is 1. The quantitative estimate of drug-likeness (QED) is 0.442. The van der Waals surface area contributed by atoms with Gasteiger partial charge in [0.25, 0.3) is 0 Å². The Morgan fingerprint density at radius 2 is 1.92 bits per heavy atom. The molecule has 132 valence electrons. The van der Waals surface area contributed by atoms with E-state index in [4.69, 9.17) is 13.9 Å². The summed E-state index contributed by atoms with van der Waals surface area (Å²) in [6.07, 6.45) is 5.47. The number of aromatic nitrogens is 1. The number of carbonyl (C=O) groups excluding carboxylic acids is 1. The normalized spacial score (nSPS) is 10.8. The van der Waals surface area contributed by atoms with E-state index in [1.165, 1.54) is 6.08 Å². The lowest BCUT2D eigenvalue weighted by Gasteiger charge is -2.11. The lowest BCUT2D eigenvalue weighted by molar-refractivity contribution is -0.104. The molecule has 0 saturated carbocycles. The molecular formula is C21H19NO4. The fourth-order valence-corrected chi connectivity index (χ4v) is 2.40. The van der Waals surface area contributed by atoms with E-state index >= 15 is 0 Å². The standard InChI is InChI=1S/C21H19NO4/c1-2-24-20-13-16(7-6-12-23)10-11-19(20)25-14-18-15-26-21(22-18)17-8-4-3-5-9-17/h3-13,15H,2,14H2,1H3. The summed E-state index contributed by atoms with van der Waals surface area (Å²) in [5, 5.41) is 0. The van der Waals surface area contributed by atoms with Crippen molar-refractivity contribution in [2.75, 3.05) is 6.61 Å². The first-order valence-corrected chi connectivity index (χ1v) is 8.31. The summed E-state index contributed by atoms with van der Waals surface area (Å²) in [5.74, 6) is 1.79. The predicted molar refractivity (Wildman–Crippen MR) is 99.0 cm³/mol. The molecule has 0 radical (unpaired) electrons. The predicted octanol–water partition coefficient (Wildman–Crippen LogP) is 4.53. The van der Waals surface area contributed by atoms with Gasteiger partial charge >= 0.3 is 0 Å². The third-order valence-electron chi connectivity index (χ3n) is 3.58. The molecule has 0 fully saturated rings. The van der Waals surface area contributed by atoms with Crippen molar-refractivity contribution in [3.05, 3.63) is 72.1 Å². The highest BCUT2D eigenvalue weighted by molar-refractivity contribution is 5.74. The molecule has 5 heteroatoms. The summed E-state index contributed by atoms with van der Waals surface area (Å²) in [6.45, 7) is 2.68. The van der Waals surface area contributed by atoms with Gasteiger partial charge in [0.1, 0.15) is 24.9 Å². The van der Waals surface area contributed by atoms with Gasteiger partial charge in [0.15, 0.2) is 11.5 Å². The lowest BCUT2D eigenvalue weighted by Crippen LogP contribution is -2.00. The second-order valence-corrected chi connectivity index (χ2v) is 5.43. The summed E-state index contributed by atoms with van der Waals surface area (Å²) in [5.41, 5.74) is 2.47. The van der Waals surface area contributed by atoms with Crippen LogP contribution >= 0.6 is 0 Å². The zero-order valence-corrected chi connectivity index (χ0v) is 14.4. The molecule has 1 aromatic heterocycles. The number of hydrogen-bond donors (Lipinski definition) is 0. The Hall–Kier alpha value is -3.34. The first-order valence-electron chi connectivity index (χ1n) is 8.31. The van der Waals surface area contributed by atoms with Gasteiger partial charge in [-0.3, -0.25) is 4.79 Å². The Morgan fingerprint density at radius 3 is 2.69 bits per heavy atom. The van der Waals surface area contributed by atoms with Crippen molar-refractivity contribution in [1.29, 1.82) is 0 Å². The number of aldehydes is 1. The molecule has 0 atom stereocenters. The summed E-state index contributed by atoms with van der Waals surface area (Å²) in [7, 11) is 0. The fourth-order valence-electron chi connectivity index (χ4n) is 2.40. The fraction of sp³-hybridized carbons (Fsp3) is 0.143. The molecule has 3 rings (SSSR count). The van der Waals surface area contributed by atoms with E-state index < -0.39 is 0 Å². The molecule has 2 aromatic carbocycles. The average molecular weight is 349 g/mol. The van der Waals surface area contributed by atoms with Crippen LogP contribution in [0.4, 0.5) is 0 Å². The molecule has 0 aliphatic carbocycles. The molecule has 3 aromatic rings. The second kappa shape index (κ2) is 8.67. The lowest BCUT2D eigenvalue weighted by atomic mass is 10.2. The smallest absolute Gasteiger partial charge is 0.226 e. The van der Waals surface area contributed by atoms with E-state index in [9.17, 15) is 4.79 Å². The van der Waals surface area contributed by atoms with Crippen molar-refractivity contribution in [2.45, 2.75) is 13.5 Å². The molecule has 0 saturated heterocycles. The van der Waals surface area contributed by atoms with E-state index in [0.29, 0.717) is 29.7 Å². The Balaban J connectivity index is 1.72. The number of hydrogen-bond acceptors (Lipinski definition) is 5. The van der Waals surface area contributed by atoms with Gasteiger partial charge < -0.3 is 13.9 Å². The third kappa shape index (κ3) is 4.39. The molecular weight excluding hydrogens is 330 g/mol. The number of ether oxygens (including phenoxy) is 2. The topological polar surface area (TPSA) is 61.6 Å². The van der Waals surface area contributed by atoms with E-state index in [0.717, 1.165) is 17.4 Å². The molecule has 0 spiro atoms. The first kappa shape index (κ1) is 17.5. The minimum absolute atomic E-state index is 0.264. The maximum Gasteiger partial charge on any atom is 0.226 e. The minimum Gasteiger partial charge on any atom is -0.490 e. The zero-order valence-electron chi connectivity index (χ0n) is 14.4. The number of allylic oxidation sites excluding steroid dienone is 1. The molecule has 0 unspecified atom stereocenters. The van der Waals surface area contributed by atoms with Crippen LogP contribution in [0.5, 0.6) is 11.5 Å². The molecule has 26 heavy (non-hydrogen) atoms. The number of benzene rings is 2. The highest BCUT2D eigenvalue weighted by Crippen LogP contribution is 2.30. The minimum atomic E-state index is 0.264. The maximum atomic E-state index is 10.5. The van der Waals surface area contributed by atoms with Gasteiger partial charge in [0, 0.05) is 5.56 Å². The maximum absolute atomic E-state index is 10.5. The van der Waals surface area contributed by atoms with Crippen LogP contribution in [-0.4, -0.2) is 17.9 Å². The van der Waals surface area contributed by atoms with Crippen LogP contribution in [0.3, 0.4) is 0 Å². The highest BCUT2D eigenvalue weighted by Gasteiger charge is 2.10. The van der Waals surface area contributed by atoms with Crippen molar-refractivity contribution in [1.82, 2.24) is 4.98 Å². The van der Waals surface area contributed by atoms with Crippen LogP contribution in [0.1, 0.15) is 18.2 Å². The average Bonchev–Trinajstić information content (AvgIpc) is 3.15. The first-order chi connectivity index (χ1) is 12.8. The third-order valence-corrected chi connectivity index (χ3v) is 3.58. The van der Waals surface area contributed by atoms with Crippen LogP contribution in [0, 0.1) is 0 Å². The number of rotatable bonds is 8. The van der Waals surface area contributed by atoms with Crippen LogP contribution < -0.4 is 9.47 Å². The van der Waals surface area contributed by atoms with E-state index in [1.807, 2.05) is 55.5 Å². The Bertz CT molecular complexity index is 884. The van der Waals surface area contributed by atoms with Crippen molar-refractivity contribution in [3.8, 4) is 23.0 Å².